The minimum Gasteiger partial charge on any atom is -0.494 e. The number of hydrogen-bond acceptors (Lipinski definition) is 4. The van der Waals surface area contributed by atoms with Crippen LogP contribution in [-0.4, -0.2) is 25.1 Å². The first-order chi connectivity index (χ1) is 14.7. The van der Waals surface area contributed by atoms with E-state index in [2.05, 4.69) is 5.32 Å². The average molecular weight is 403 g/mol. The molecule has 1 N–H and O–H groups in total. The van der Waals surface area contributed by atoms with E-state index >= 15 is 0 Å². The van der Waals surface area contributed by atoms with Gasteiger partial charge in [0.1, 0.15) is 5.75 Å². The molecule has 1 amide bonds. The van der Waals surface area contributed by atoms with E-state index in [9.17, 15) is 9.59 Å². The van der Waals surface area contributed by atoms with Gasteiger partial charge >= 0.3 is 5.97 Å². The highest BCUT2D eigenvalue weighted by atomic mass is 16.5. The molecule has 0 radical (unpaired) electrons. The topological polar surface area (TPSA) is 64.6 Å². The van der Waals surface area contributed by atoms with Gasteiger partial charge in [-0.15, -0.1) is 0 Å². The number of nitrogens with one attached hydrogen (secondary N) is 1. The number of amides is 1. The SMILES string of the molecule is CCOc1ccccc1CCC(=O)OCC(=O)Nc1ccccc1-c1ccccc1. The van der Waals surface area contributed by atoms with Crippen molar-refractivity contribution in [2.24, 2.45) is 0 Å². The van der Waals surface area contributed by atoms with E-state index in [1.54, 1.807) is 0 Å². The maximum Gasteiger partial charge on any atom is 0.306 e. The summed E-state index contributed by atoms with van der Waals surface area (Å²) in [5, 5.41) is 2.83. The van der Waals surface area contributed by atoms with Gasteiger partial charge in [-0.05, 0) is 36.6 Å². The highest BCUT2D eigenvalue weighted by molar-refractivity contribution is 5.96. The summed E-state index contributed by atoms with van der Waals surface area (Å²) < 4.78 is 10.7. The maximum atomic E-state index is 12.3. The minimum atomic E-state index is -0.423. The van der Waals surface area contributed by atoms with E-state index in [1.807, 2.05) is 85.8 Å². The van der Waals surface area contributed by atoms with Crippen LogP contribution < -0.4 is 10.1 Å². The summed E-state index contributed by atoms with van der Waals surface area (Å²) >= 11 is 0. The molecule has 5 nitrogen and oxygen atoms in total. The third-order valence-electron chi connectivity index (χ3n) is 4.52. The quantitative estimate of drug-likeness (QED) is 0.518. The van der Waals surface area contributed by atoms with Gasteiger partial charge in [0.25, 0.3) is 5.91 Å². The van der Waals surface area contributed by atoms with Crippen LogP contribution in [0.15, 0.2) is 78.9 Å². The van der Waals surface area contributed by atoms with Crippen molar-refractivity contribution in [3.63, 3.8) is 0 Å². The summed E-state index contributed by atoms with van der Waals surface area (Å²) in [6.07, 6.45) is 0.672. The molecule has 0 aliphatic carbocycles. The number of esters is 1. The molecule has 3 aromatic rings. The molecule has 0 aromatic heterocycles. The van der Waals surface area contributed by atoms with Crippen LogP contribution in [0.5, 0.6) is 5.75 Å². The summed E-state index contributed by atoms with van der Waals surface area (Å²) in [6, 6.07) is 24.9. The Hall–Kier alpha value is -3.60. The molecule has 0 fully saturated rings. The highest BCUT2D eigenvalue weighted by Crippen LogP contribution is 2.27. The van der Waals surface area contributed by atoms with Crippen molar-refractivity contribution in [2.45, 2.75) is 19.8 Å². The average Bonchev–Trinajstić information content (AvgIpc) is 2.78. The molecule has 0 saturated carbocycles. The van der Waals surface area contributed by atoms with Gasteiger partial charge in [-0.1, -0.05) is 66.7 Å². The second-order valence-electron chi connectivity index (χ2n) is 6.66. The minimum absolute atomic E-state index is 0.179. The normalized spacial score (nSPS) is 10.3. The number of rotatable bonds is 9. The van der Waals surface area contributed by atoms with Crippen molar-refractivity contribution in [2.75, 3.05) is 18.5 Å². The second-order valence-corrected chi connectivity index (χ2v) is 6.66. The van der Waals surface area contributed by atoms with Crippen molar-refractivity contribution < 1.29 is 19.1 Å². The van der Waals surface area contributed by atoms with Crippen molar-refractivity contribution in [3.05, 3.63) is 84.4 Å². The van der Waals surface area contributed by atoms with Gasteiger partial charge in [0, 0.05) is 17.7 Å². The molecule has 3 rings (SSSR count). The lowest BCUT2D eigenvalue weighted by Gasteiger charge is -2.12. The molecule has 30 heavy (non-hydrogen) atoms. The molecule has 0 saturated heterocycles. The van der Waals surface area contributed by atoms with E-state index in [0.717, 1.165) is 22.4 Å². The Morgan fingerprint density at radius 3 is 2.37 bits per heavy atom. The maximum absolute atomic E-state index is 12.3. The summed E-state index contributed by atoms with van der Waals surface area (Å²) in [6.45, 7) is 2.15. The van der Waals surface area contributed by atoms with Crippen LogP contribution in [0.3, 0.4) is 0 Å². The van der Waals surface area contributed by atoms with Crippen LogP contribution in [0.2, 0.25) is 0 Å². The molecule has 154 valence electrons. The summed E-state index contributed by atoms with van der Waals surface area (Å²) in [7, 11) is 0. The van der Waals surface area contributed by atoms with Crippen LogP contribution in [0.4, 0.5) is 5.69 Å². The number of hydrogen-bond donors (Lipinski definition) is 1. The Kier molecular flexibility index (Phi) is 7.61. The summed E-state index contributed by atoms with van der Waals surface area (Å²) in [5.74, 6) is -0.0303. The summed E-state index contributed by atoms with van der Waals surface area (Å²) in [5.41, 5.74) is 3.52. The van der Waals surface area contributed by atoms with Gasteiger partial charge in [-0.3, -0.25) is 9.59 Å². The largest absolute Gasteiger partial charge is 0.494 e. The fourth-order valence-electron chi connectivity index (χ4n) is 3.11. The lowest BCUT2D eigenvalue weighted by molar-refractivity contribution is -0.147. The Balaban J connectivity index is 1.52. The van der Waals surface area contributed by atoms with Crippen molar-refractivity contribution in [1.29, 1.82) is 0 Å². The molecule has 5 heteroatoms. The van der Waals surface area contributed by atoms with Crippen molar-refractivity contribution >= 4 is 17.6 Å². The lowest BCUT2D eigenvalue weighted by atomic mass is 10.0. The zero-order valence-corrected chi connectivity index (χ0v) is 17.0. The predicted molar refractivity (Wildman–Crippen MR) is 117 cm³/mol. The molecule has 3 aromatic carbocycles. The number of ether oxygens (including phenoxy) is 2. The number of aryl methyl sites for hydroxylation is 1. The monoisotopic (exact) mass is 403 g/mol. The number of carbonyl (C=O) groups is 2. The zero-order chi connectivity index (χ0) is 21.2. The molecule has 0 aliphatic rings. The van der Waals surface area contributed by atoms with Crippen LogP contribution >= 0.6 is 0 Å². The predicted octanol–water partition coefficient (Wildman–Crippen LogP) is 4.87. The summed E-state index contributed by atoms with van der Waals surface area (Å²) in [4.78, 5) is 24.4. The van der Waals surface area contributed by atoms with E-state index in [1.165, 1.54) is 0 Å². The lowest BCUT2D eigenvalue weighted by Crippen LogP contribution is -2.21. The molecule has 0 aliphatic heterocycles. The van der Waals surface area contributed by atoms with Crippen LogP contribution in [0.1, 0.15) is 18.9 Å². The van der Waals surface area contributed by atoms with Crippen LogP contribution in [0.25, 0.3) is 11.1 Å². The third-order valence-corrected chi connectivity index (χ3v) is 4.52. The molecule has 0 atom stereocenters. The molecular weight excluding hydrogens is 378 g/mol. The van der Waals surface area contributed by atoms with Crippen LogP contribution in [0, 0.1) is 0 Å². The Labute approximate surface area is 176 Å². The number of benzene rings is 3. The first-order valence-corrected chi connectivity index (χ1v) is 9.98. The van der Waals surface area contributed by atoms with Crippen molar-refractivity contribution in [3.8, 4) is 16.9 Å². The molecule has 0 bridgehead atoms. The molecule has 0 spiro atoms. The number of carbonyl (C=O) groups excluding carboxylic acids is 2. The molecule has 0 unspecified atom stereocenters. The fraction of sp³-hybridized carbons (Fsp3) is 0.200. The Morgan fingerprint density at radius 2 is 1.57 bits per heavy atom. The van der Waals surface area contributed by atoms with E-state index < -0.39 is 5.97 Å². The van der Waals surface area contributed by atoms with Gasteiger partial charge in [0.2, 0.25) is 0 Å². The first-order valence-electron chi connectivity index (χ1n) is 9.98. The highest BCUT2D eigenvalue weighted by Gasteiger charge is 2.12. The van der Waals surface area contributed by atoms with Crippen LogP contribution in [-0.2, 0) is 20.7 Å². The Morgan fingerprint density at radius 1 is 0.867 bits per heavy atom. The number of para-hydroxylation sites is 2. The van der Waals surface area contributed by atoms with E-state index in [-0.39, 0.29) is 18.9 Å². The van der Waals surface area contributed by atoms with Gasteiger partial charge in [-0.25, -0.2) is 0 Å². The molecular formula is C25H25NO4. The third kappa shape index (κ3) is 5.95. The van der Waals surface area contributed by atoms with Gasteiger partial charge in [0.05, 0.1) is 6.61 Å². The van der Waals surface area contributed by atoms with E-state index in [4.69, 9.17) is 9.47 Å². The Bertz CT molecular complexity index is 985. The van der Waals surface area contributed by atoms with Gasteiger partial charge in [-0.2, -0.15) is 0 Å². The second kappa shape index (κ2) is 10.8. The number of anilines is 1. The standard InChI is InChI=1S/C25H25NO4/c1-2-29-23-15-9-6-12-20(23)16-17-25(28)30-18-24(27)26-22-14-8-7-13-21(22)19-10-4-3-5-11-19/h3-15H,2,16-18H2,1H3,(H,26,27). The van der Waals surface area contributed by atoms with E-state index in [0.29, 0.717) is 18.7 Å². The van der Waals surface area contributed by atoms with Gasteiger partial charge < -0.3 is 14.8 Å². The van der Waals surface area contributed by atoms with Gasteiger partial charge in [0.15, 0.2) is 6.61 Å². The van der Waals surface area contributed by atoms with Crippen molar-refractivity contribution in [1.82, 2.24) is 0 Å². The molecule has 0 heterocycles. The fourth-order valence-corrected chi connectivity index (χ4v) is 3.11. The smallest absolute Gasteiger partial charge is 0.306 e. The zero-order valence-electron chi connectivity index (χ0n) is 17.0. The first kappa shape index (κ1) is 21.1.